The Morgan fingerprint density at radius 1 is 1.00 bits per heavy atom. The topological polar surface area (TPSA) is 41.9 Å². The summed E-state index contributed by atoms with van der Waals surface area (Å²) in [6.07, 6.45) is 0.705. The monoisotopic (exact) mass is 253 g/mol. The highest BCUT2D eigenvalue weighted by Crippen LogP contribution is 2.15. The van der Waals surface area contributed by atoms with Crippen molar-refractivity contribution < 1.29 is 14.6 Å². The van der Waals surface area contributed by atoms with Crippen molar-refractivity contribution in [1.29, 1.82) is 0 Å². The molecule has 0 heterocycles. The smallest absolute Gasteiger partial charge is 0.0637 e. The van der Waals surface area contributed by atoms with E-state index in [2.05, 4.69) is 29.2 Å². The van der Waals surface area contributed by atoms with E-state index in [0.29, 0.717) is 19.6 Å². The fourth-order valence-electron chi connectivity index (χ4n) is 1.78. The lowest BCUT2D eigenvalue weighted by Gasteiger charge is -2.24. The van der Waals surface area contributed by atoms with Crippen molar-refractivity contribution in [2.75, 3.05) is 52.0 Å². The molecule has 1 aromatic carbocycles. The van der Waals surface area contributed by atoms with Gasteiger partial charge in [0.25, 0.3) is 0 Å². The maximum absolute atomic E-state index is 8.89. The van der Waals surface area contributed by atoms with Gasteiger partial charge in [0.05, 0.1) is 13.2 Å². The maximum Gasteiger partial charge on any atom is 0.0637 e. The van der Waals surface area contributed by atoms with Gasteiger partial charge >= 0.3 is 0 Å². The molecule has 4 heteroatoms. The van der Waals surface area contributed by atoms with E-state index in [-0.39, 0.29) is 6.61 Å². The number of rotatable bonds is 9. The summed E-state index contributed by atoms with van der Waals surface area (Å²) in [6, 6.07) is 8.27. The first-order valence-corrected chi connectivity index (χ1v) is 6.24. The molecule has 0 amide bonds. The third-order valence-corrected chi connectivity index (χ3v) is 2.83. The Kier molecular flexibility index (Phi) is 7.41. The number of benzene rings is 1. The fraction of sp³-hybridized carbons (Fsp3) is 0.571. The largest absolute Gasteiger partial charge is 0.396 e. The van der Waals surface area contributed by atoms with Crippen molar-refractivity contribution in [3.05, 3.63) is 29.8 Å². The second kappa shape index (κ2) is 8.91. The molecule has 18 heavy (non-hydrogen) atoms. The van der Waals surface area contributed by atoms with Crippen LogP contribution in [-0.4, -0.2) is 52.2 Å². The summed E-state index contributed by atoms with van der Waals surface area (Å²) in [5, 5.41) is 8.89. The van der Waals surface area contributed by atoms with Crippen LogP contribution in [0.1, 0.15) is 5.56 Å². The molecule has 0 aliphatic carbocycles. The number of anilines is 1. The standard InChI is InChI=1S/C14H23NO3/c1-17-11-8-15(9-12-18-2)14-5-3-13(4-6-14)7-10-16/h3-6,16H,7-12H2,1-2H3. The summed E-state index contributed by atoms with van der Waals surface area (Å²) in [4.78, 5) is 2.23. The van der Waals surface area contributed by atoms with Crippen LogP contribution in [0.5, 0.6) is 0 Å². The lowest BCUT2D eigenvalue weighted by molar-refractivity contribution is 0.190. The Balaban J connectivity index is 2.64. The molecular weight excluding hydrogens is 230 g/mol. The van der Waals surface area contributed by atoms with Gasteiger partial charge in [0.2, 0.25) is 0 Å². The van der Waals surface area contributed by atoms with Crippen LogP contribution < -0.4 is 4.90 Å². The van der Waals surface area contributed by atoms with Crippen LogP contribution >= 0.6 is 0 Å². The van der Waals surface area contributed by atoms with Gasteiger partial charge in [-0.05, 0) is 24.1 Å². The number of hydrogen-bond acceptors (Lipinski definition) is 4. The first-order valence-electron chi connectivity index (χ1n) is 6.24. The van der Waals surface area contributed by atoms with E-state index in [1.807, 2.05) is 0 Å². The van der Waals surface area contributed by atoms with Gasteiger partial charge in [0, 0.05) is 39.6 Å². The van der Waals surface area contributed by atoms with Crippen molar-refractivity contribution in [2.45, 2.75) is 6.42 Å². The summed E-state index contributed by atoms with van der Waals surface area (Å²) < 4.78 is 10.2. The second-order valence-corrected chi connectivity index (χ2v) is 4.11. The summed E-state index contributed by atoms with van der Waals surface area (Å²) >= 11 is 0. The number of aliphatic hydroxyl groups excluding tert-OH is 1. The predicted molar refractivity (Wildman–Crippen MR) is 73.2 cm³/mol. The number of methoxy groups -OCH3 is 2. The first-order chi connectivity index (χ1) is 8.81. The Morgan fingerprint density at radius 2 is 1.56 bits per heavy atom. The molecular formula is C14H23NO3. The van der Waals surface area contributed by atoms with Gasteiger partial charge in [-0.25, -0.2) is 0 Å². The van der Waals surface area contributed by atoms with E-state index >= 15 is 0 Å². The van der Waals surface area contributed by atoms with Crippen molar-refractivity contribution >= 4 is 5.69 Å². The molecule has 0 atom stereocenters. The van der Waals surface area contributed by atoms with Crippen LogP contribution in [0.2, 0.25) is 0 Å². The van der Waals surface area contributed by atoms with Crippen LogP contribution in [0.15, 0.2) is 24.3 Å². The van der Waals surface area contributed by atoms with Gasteiger partial charge in [-0.1, -0.05) is 12.1 Å². The van der Waals surface area contributed by atoms with E-state index in [1.54, 1.807) is 14.2 Å². The number of aliphatic hydroxyl groups is 1. The molecule has 0 fully saturated rings. The van der Waals surface area contributed by atoms with Crippen molar-refractivity contribution in [3.8, 4) is 0 Å². The SMILES string of the molecule is COCCN(CCOC)c1ccc(CCO)cc1. The van der Waals surface area contributed by atoms with Gasteiger partial charge in [-0.15, -0.1) is 0 Å². The van der Waals surface area contributed by atoms with E-state index in [0.717, 1.165) is 24.3 Å². The number of hydrogen-bond donors (Lipinski definition) is 1. The average molecular weight is 253 g/mol. The zero-order chi connectivity index (χ0) is 13.2. The quantitative estimate of drug-likeness (QED) is 0.721. The van der Waals surface area contributed by atoms with Crippen LogP contribution in [0.25, 0.3) is 0 Å². The normalized spacial score (nSPS) is 10.6. The molecule has 0 radical (unpaired) electrons. The highest BCUT2D eigenvalue weighted by molar-refractivity contribution is 5.47. The number of ether oxygens (including phenoxy) is 2. The molecule has 0 saturated carbocycles. The van der Waals surface area contributed by atoms with Gasteiger partial charge in [0.15, 0.2) is 0 Å². The van der Waals surface area contributed by atoms with E-state index in [9.17, 15) is 0 Å². The molecule has 0 bridgehead atoms. The van der Waals surface area contributed by atoms with Crippen LogP contribution in [0.3, 0.4) is 0 Å². The summed E-state index contributed by atoms with van der Waals surface area (Å²) in [5.74, 6) is 0. The number of nitrogens with zero attached hydrogens (tertiary/aromatic N) is 1. The Morgan fingerprint density at radius 3 is 2.00 bits per heavy atom. The highest BCUT2D eigenvalue weighted by Gasteiger charge is 2.05. The minimum Gasteiger partial charge on any atom is -0.396 e. The molecule has 0 unspecified atom stereocenters. The predicted octanol–water partition coefficient (Wildman–Crippen LogP) is 1.32. The Bertz CT molecular complexity index is 305. The molecule has 1 aromatic rings. The average Bonchev–Trinajstić information content (AvgIpc) is 2.41. The molecule has 0 spiro atoms. The summed E-state index contributed by atoms with van der Waals surface area (Å²) in [7, 11) is 3.41. The molecule has 1 rings (SSSR count). The Labute approximate surface area is 109 Å². The van der Waals surface area contributed by atoms with Crippen LogP contribution in [0, 0.1) is 0 Å². The van der Waals surface area contributed by atoms with Crippen molar-refractivity contribution in [2.24, 2.45) is 0 Å². The van der Waals surface area contributed by atoms with E-state index < -0.39 is 0 Å². The van der Waals surface area contributed by atoms with Crippen LogP contribution in [-0.2, 0) is 15.9 Å². The van der Waals surface area contributed by atoms with E-state index in [4.69, 9.17) is 14.6 Å². The second-order valence-electron chi connectivity index (χ2n) is 4.11. The lowest BCUT2D eigenvalue weighted by atomic mass is 10.1. The Hall–Kier alpha value is -1.10. The van der Waals surface area contributed by atoms with Gasteiger partial charge < -0.3 is 19.5 Å². The minimum absolute atomic E-state index is 0.191. The molecule has 4 nitrogen and oxygen atoms in total. The maximum atomic E-state index is 8.89. The van der Waals surface area contributed by atoms with E-state index in [1.165, 1.54) is 0 Å². The lowest BCUT2D eigenvalue weighted by Crippen LogP contribution is -2.30. The zero-order valence-electron chi connectivity index (χ0n) is 11.3. The minimum atomic E-state index is 0.191. The first kappa shape index (κ1) is 15.0. The fourth-order valence-corrected chi connectivity index (χ4v) is 1.78. The highest BCUT2D eigenvalue weighted by atomic mass is 16.5. The van der Waals surface area contributed by atoms with Gasteiger partial charge in [0.1, 0.15) is 0 Å². The van der Waals surface area contributed by atoms with Crippen LogP contribution in [0.4, 0.5) is 5.69 Å². The molecule has 0 aliphatic rings. The third kappa shape index (κ3) is 5.04. The van der Waals surface area contributed by atoms with Crippen molar-refractivity contribution in [3.63, 3.8) is 0 Å². The van der Waals surface area contributed by atoms with Gasteiger partial charge in [-0.3, -0.25) is 0 Å². The molecule has 0 saturated heterocycles. The van der Waals surface area contributed by atoms with Gasteiger partial charge in [-0.2, -0.15) is 0 Å². The summed E-state index contributed by atoms with van der Waals surface area (Å²) in [6.45, 7) is 3.28. The molecule has 1 N–H and O–H groups in total. The molecule has 0 aliphatic heterocycles. The van der Waals surface area contributed by atoms with Crippen molar-refractivity contribution in [1.82, 2.24) is 0 Å². The molecule has 0 aromatic heterocycles. The third-order valence-electron chi connectivity index (χ3n) is 2.83. The summed E-state index contributed by atoms with van der Waals surface area (Å²) in [5.41, 5.74) is 2.31. The zero-order valence-corrected chi connectivity index (χ0v) is 11.3. The molecule has 102 valence electrons.